The molecule has 0 radical (unpaired) electrons. The number of sulfonamides is 1. The molecular weight excluding hydrogens is 314 g/mol. The molecule has 0 saturated carbocycles. The molecule has 6 nitrogen and oxygen atoms in total. The molecule has 23 heavy (non-hydrogen) atoms. The van der Waals surface area contributed by atoms with Gasteiger partial charge in [0.25, 0.3) is 10.0 Å². The van der Waals surface area contributed by atoms with Gasteiger partial charge in [-0.25, -0.2) is 13.4 Å². The van der Waals surface area contributed by atoms with Gasteiger partial charge in [-0.15, -0.1) is 0 Å². The van der Waals surface area contributed by atoms with Crippen LogP contribution in [0.2, 0.25) is 0 Å². The second-order valence-corrected chi connectivity index (χ2v) is 7.01. The lowest BCUT2D eigenvalue weighted by Crippen LogP contribution is -2.14. The fourth-order valence-electron chi connectivity index (χ4n) is 2.20. The Bertz CT molecular complexity index is 915. The summed E-state index contributed by atoms with van der Waals surface area (Å²) >= 11 is 0. The molecule has 0 aliphatic carbocycles. The van der Waals surface area contributed by atoms with Gasteiger partial charge in [0, 0.05) is 18.6 Å². The summed E-state index contributed by atoms with van der Waals surface area (Å²) in [5.74, 6) is 0.634. The molecule has 1 aromatic carbocycles. The van der Waals surface area contributed by atoms with Gasteiger partial charge < -0.3 is 9.14 Å². The molecule has 3 rings (SSSR count). The van der Waals surface area contributed by atoms with Crippen molar-refractivity contribution < 1.29 is 13.2 Å². The normalized spacial score (nSPS) is 11.8. The van der Waals surface area contributed by atoms with Gasteiger partial charge in [0.15, 0.2) is 5.65 Å². The van der Waals surface area contributed by atoms with Crippen molar-refractivity contribution in [1.29, 1.82) is 0 Å². The topological polar surface area (TPSA) is 72.7 Å². The number of nitrogens with one attached hydrogen (secondary N) is 1. The van der Waals surface area contributed by atoms with Gasteiger partial charge in [-0.2, -0.15) is 0 Å². The van der Waals surface area contributed by atoms with Crippen LogP contribution in [0.4, 0.5) is 5.69 Å². The van der Waals surface area contributed by atoms with Gasteiger partial charge in [0.1, 0.15) is 5.75 Å². The van der Waals surface area contributed by atoms with E-state index in [0.29, 0.717) is 17.1 Å². The largest absolute Gasteiger partial charge is 0.491 e. The second-order valence-electron chi connectivity index (χ2n) is 5.32. The molecule has 0 aliphatic rings. The first-order chi connectivity index (χ1) is 11.0. The Balaban J connectivity index is 1.88. The molecule has 2 aromatic heterocycles. The Morgan fingerprint density at radius 2 is 1.87 bits per heavy atom. The van der Waals surface area contributed by atoms with E-state index < -0.39 is 10.0 Å². The molecular formula is C16H17N3O3S. The van der Waals surface area contributed by atoms with Crippen molar-refractivity contribution in [3.63, 3.8) is 0 Å². The molecule has 2 heterocycles. The number of aromatic nitrogens is 2. The summed E-state index contributed by atoms with van der Waals surface area (Å²) in [6.07, 6.45) is 5.21. The summed E-state index contributed by atoms with van der Waals surface area (Å²) in [5.41, 5.74) is 0.982. The average molecular weight is 331 g/mol. The zero-order valence-corrected chi connectivity index (χ0v) is 13.6. The number of anilines is 1. The van der Waals surface area contributed by atoms with Crippen molar-refractivity contribution in [2.75, 3.05) is 4.72 Å². The predicted molar refractivity (Wildman–Crippen MR) is 88.2 cm³/mol. The minimum absolute atomic E-state index is 0.0358. The maximum Gasteiger partial charge on any atom is 0.262 e. The van der Waals surface area contributed by atoms with E-state index in [-0.39, 0.29) is 11.0 Å². The lowest BCUT2D eigenvalue weighted by molar-refractivity contribution is 0.242. The van der Waals surface area contributed by atoms with Crippen molar-refractivity contribution in [3.05, 3.63) is 55.0 Å². The highest BCUT2D eigenvalue weighted by molar-refractivity contribution is 7.92. The van der Waals surface area contributed by atoms with Crippen LogP contribution in [-0.2, 0) is 10.0 Å². The quantitative estimate of drug-likeness (QED) is 0.780. The molecule has 0 atom stereocenters. The Hall–Kier alpha value is -2.54. The lowest BCUT2D eigenvalue weighted by atomic mass is 10.3. The van der Waals surface area contributed by atoms with Crippen LogP contribution in [0.1, 0.15) is 13.8 Å². The molecule has 0 aliphatic heterocycles. The molecule has 7 heteroatoms. The van der Waals surface area contributed by atoms with Gasteiger partial charge in [-0.1, -0.05) is 0 Å². The highest BCUT2D eigenvalue weighted by Gasteiger charge is 2.16. The Morgan fingerprint density at radius 3 is 2.57 bits per heavy atom. The number of fused-ring (bicyclic) bond motifs is 1. The van der Waals surface area contributed by atoms with Crippen LogP contribution in [0.5, 0.6) is 5.75 Å². The first kappa shape index (κ1) is 15.4. The van der Waals surface area contributed by atoms with Crippen molar-refractivity contribution in [1.82, 2.24) is 9.38 Å². The molecule has 0 unspecified atom stereocenters. The van der Waals surface area contributed by atoms with Crippen molar-refractivity contribution in [2.24, 2.45) is 0 Å². The number of pyridine rings is 1. The fraction of sp³-hybridized carbons (Fsp3) is 0.188. The minimum Gasteiger partial charge on any atom is -0.491 e. The number of benzene rings is 1. The van der Waals surface area contributed by atoms with Gasteiger partial charge in [0.2, 0.25) is 0 Å². The third-order valence-electron chi connectivity index (χ3n) is 3.17. The maximum absolute atomic E-state index is 12.5. The Labute approximate surface area is 134 Å². The highest BCUT2D eigenvalue weighted by atomic mass is 32.2. The van der Waals surface area contributed by atoms with Crippen LogP contribution in [0.3, 0.4) is 0 Å². The predicted octanol–water partition coefficient (Wildman–Crippen LogP) is 2.92. The van der Waals surface area contributed by atoms with Gasteiger partial charge >= 0.3 is 0 Å². The number of rotatable bonds is 5. The van der Waals surface area contributed by atoms with Crippen LogP contribution in [0.15, 0.2) is 59.9 Å². The van der Waals surface area contributed by atoms with Crippen LogP contribution in [0, 0.1) is 0 Å². The van der Waals surface area contributed by atoms with Crippen molar-refractivity contribution >= 4 is 21.4 Å². The molecule has 0 bridgehead atoms. The first-order valence-electron chi connectivity index (χ1n) is 7.17. The van der Waals surface area contributed by atoms with Crippen molar-refractivity contribution in [2.45, 2.75) is 24.8 Å². The Kier molecular flexibility index (Phi) is 3.96. The molecule has 0 spiro atoms. The zero-order chi connectivity index (χ0) is 16.4. The molecule has 0 fully saturated rings. The molecule has 1 N–H and O–H groups in total. The lowest BCUT2D eigenvalue weighted by Gasteiger charge is -2.11. The second kappa shape index (κ2) is 5.92. The third-order valence-corrected chi connectivity index (χ3v) is 4.55. The van der Waals surface area contributed by atoms with E-state index in [1.54, 1.807) is 47.3 Å². The number of hydrogen-bond acceptors (Lipinski definition) is 4. The van der Waals surface area contributed by atoms with Crippen LogP contribution in [-0.4, -0.2) is 23.9 Å². The van der Waals surface area contributed by atoms with Crippen LogP contribution < -0.4 is 9.46 Å². The van der Waals surface area contributed by atoms with Crippen LogP contribution >= 0.6 is 0 Å². The molecule has 3 aromatic rings. The number of ether oxygens (including phenoxy) is 1. The monoisotopic (exact) mass is 331 g/mol. The van der Waals surface area contributed by atoms with Crippen LogP contribution in [0.25, 0.3) is 5.65 Å². The van der Waals surface area contributed by atoms with E-state index in [4.69, 9.17) is 4.74 Å². The van der Waals surface area contributed by atoms with Gasteiger partial charge in [0.05, 0.1) is 16.7 Å². The summed E-state index contributed by atoms with van der Waals surface area (Å²) in [7, 11) is -3.69. The number of imidazole rings is 1. The van der Waals surface area contributed by atoms with Crippen molar-refractivity contribution in [3.8, 4) is 5.75 Å². The smallest absolute Gasteiger partial charge is 0.262 e. The van der Waals surface area contributed by atoms with E-state index in [1.807, 2.05) is 13.8 Å². The Morgan fingerprint density at radius 1 is 1.13 bits per heavy atom. The maximum atomic E-state index is 12.5. The van der Waals surface area contributed by atoms with E-state index in [1.165, 1.54) is 12.1 Å². The third kappa shape index (κ3) is 3.29. The summed E-state index contributed by atoms with van der Waals surface area (Å²) in [6, 6.07) is 9.76. The average Bonchev–Trinajstić information content (AvgIpc) is 2.96. The number of hydrogen-bond donors (Lipinski definition) is 1. The standard InChI is InChI=1S/C16H17N3O3S/c1-12(2)22-13-5-7-14(8-6-13)23(20,21)18-15-4-3-10-19-11-9-17-16(15)19/h3-12,18H,1-2H3. The molecule has 120 valence electrons. The van der Waals surface area contributed by atoms with E-state index in [0.717, 1.165) is 0 Å². The summed E-state index contributed by atoms with van der Waals surface area (Å²) in [5, 5.41) is 0. The fourth-order valence-corrected chi connectivity index (χ4v) is 3.26. The first-order valence-corrected chi connectivity index (χ1v) is 8.65. The van der Waals surface area contributed by atoms with Gasteiger partial charge in [-0.3, -0.25) is 4.72 Å². The van der Waals surface area contributed by atoms with E-state index >= 15 is 0 Å². The zero-order valence-electron chi connectivity index (χ0n) is 12.8. The van der Waals surface area contributed by atoms with E-state index in [2.05, 4.69) is 9.71 Å². The van der Waals surface area contributed by atoms with E-state index in [9.17, 15) is 8.42 Å². The summed E-state index contributed by atoms with van der Waals surface area (Å²) in [4.78, 5) is 4.33. The molecule has 0 amide bonds. The number of nitrogens with zero attached hydrogens (tertiary/aromatic N) is 2. The minimum atomic E-state index is -3.69. The van der Waals surface area contributed by atoms with Gasteiger partial charge in [-0.05, 0) is 50.2 Å². The summed E-state index contributed by atoms with van der Waals surface area (Å²) in [6.45, 7) is 3.83. The molecule has 0 saturated heterocycles. The SMILES string of the molecule is CC(C)Oc1ccc(S(=O)(=O)Nc2cccn3ccnc23)cc1. The summed E-state index contributed by atoms with van der Waals surface area (Å²) < 4.78 is 34.9. The highest BCUT2D eigenvalue weighted by Crippen LogP contribution is 2.22.